The average molecular weight is 342 g/mol. The van der Waals surface area contributed by atoms with Crippen LogP contribution in [0.15, 0.2) is 42.5 Å². The summed E-state index contributed by atoms with van der Waals surface area (Å²) in [5.41, 5.74) is 2.03. The van der Waals surface area contributed by atoms with Crippen molar-refractivity contribution in [2.45, 2.75) is 33.1 Å². The Kier molecular flexibility index (Phi) is 6.11. The average Bonchev–Trinajstić information content (AvgIpc) is 2.61. The maximum atomic E-state index is 12.0. The van der Waals surface area contributed by atoms with Crippen molar-refractivity contribution in [2.75, 3.05) is 11.9 Å². The maximum Gasteiger partial charge on any atom is 0.274 e. The third-order valence-electron chi connectivity index (χ3n) is 4.21. The van der Waals surface area contributed by atoms with Crippen molar-refractivity contribution in [3.63, 3.8) is 0 Å². The van der Waals surface area contributed by atoms with E-state index in [0.717, 1.165) is 6.42 Å². The largest absolute Gasteiger partial charge is 0.484 e. The summed E-state index contributed by atoms with van der Waals surface area (Å²) in [5.74, 6) is 0.724. The summed E-state index contributed by atoms with van der Waals surface area (Å²) in [6.45, 7) is 5.73. The summed E-state index contributed by atoms with van der Waals surface area (Å²) in [7, 11) is 0. The van der Waals surface area contributed by atoms with Crippen molar-refractivity contribution >= 4 is 17.3 Å². The molecule has 0 aliphatic rings. The van der Waals surface area contributed by atoms with Crippen LogP contribution in [0.1, 0.15) is 37.3 Å². The number of carbonyl (C=O) groups excluding carboxylic acids is 1. The molecule has 2 aromatic carbocycles. The molecule has 0 bridgehead atoms. The summed E-state index contributed by atoms with van der Waals surface area (Å²) >= 11 is 0. The lowest BCUT2D eigenvalue weighted by molar-refractivity contribution is -0.385. The molecule has 132 valence electrons. The standard InChI is InChI=1S/C19H22N2O4/c1-4-13(2)15-8-10-16(11-9-15)25-12-19(22)20-17-6-5-7-18(14(17)3)21(23)24/h5-11,13H,4,12H2,1-3H3,(H,20,22). The van der Waals surface area contributed by atoms with Gasteiger partial charge in [0.1, 0.15) is 5.75 Å². The van der Waals surface area contributed by atoms with E-state index in [1.165, 1.54) is 17.7 Å². The molecule has 1 atom stereocenters. The Bertz CT molecular complexity index is 757. The van der Waals surface area contributed by atoms with Crippen molar-refractivity contribution in [3.05, 3.63) is 63.7 Å². The van der Waals surface area contributed by atoms with E-state index in [0.29, 0.717) is 22.9 Å². The van der Waals surface area contributed by atoms with Gasteiger partial charge in [-0.2, -0.15) is 0 Å². The van der Waals surface area contributed by atoms with E-state index < -0.39 is 4.92 Å². The number of nitro groups is 1. The van der Waals surface area contributed by atoms with Gasteiger partial charge in [0.15, 0.2) is 6.61 Å². The summed E-state index contributed by atoms with van der Waals surface area (Å²) in [6.07, 6.45) is 1.06. The van der Waals surface area contributed by atoms with Crippen molar-refractivity contribution in [1.82, 2.24) is 0 Å². The van der Waals surface area contributed by atoms with E-state index in [4.69, 9.17) is 4.74 Å². The van der Waals surface area contributed by atoms with Gasteiger partial charge in [-0.15, -0.1) is 0 Å². The molecule has 1 unspecified atom stereocenters. The second kappa shape index (κ2) is 8.28. The van der Waals surface area contributed by atoms with E-state index in [-0.39, 0.29) is 18.2 Å². The Morgan fingerprint density at radius 2 is 1.92 bits per heavy atom. The Hall–Kier alpha value is -2.89. The van der Waals surface area contributed by atoms with E-state index in [1.807, 2.05) is 24.3 Å². The van der Waals surface area contributed by atoms with Crippen LogP contribution in [0.5, 0.6) is 5.75 Å². The molecule has 1 amide bonds. The number of nitrogens with one attached hydrogen (secondary N) is 1. The number of hydrogen-bond donors (Lipinski definition) is 1. The first-order valence-electron chi connectivity index (χ1n) is 8.19. The highest BCUT2D eigenvalue weighted by molar-refractivity contribution is 5.93. The molecule has 25 heavy (non-hydrogen) atoms. The Morgan fingerprint density at radius 1 is 1.24 bits per heavy atom. The molecule has 0 radical (unpaired) electrons. The summed E-state index contributed by atoms with van der Waals surface area (Å²) in [5, 5.41) is 13.6. The highest BCUT2D eigenvalue weighted by atomic mass is 16.6. The van der Waals surface area contributed by atoms with Gasteiger partial charge in [-0.3, -0.25) is 14.9 Å². The molecule has 0 heterocycles. The predicted octanol–water partition coefficient (Wildman–Crippen LogP) is 4.43. The fourth-order valence-electron chi connectivity index (χ4n) is 2.42. The first-order valence-corrected chi connectivity index (χ1v) is 8.19. The lowest BCUT2D eigenvalue weighted by Crippen LogP contribution is -2.20. The minimum Gasteiger partial charge on any atom is -0.484 e. The first-order chi connectivity index (χ1) is 11.9. The molecule has 0 aliphatic carbocycles. The maximum absolute atomic E-state index is 12.0. The molecule has 0 fully saturated rings. The fourth-order valence-corrected chi connectivity index (χ4v) is 2.42. The molecule has 0 saturated carbocycles. The van der Waals surface area contributed by atoms with Crippen LogP contribution in [0.2, 0.25) is 0 Å². The number of benzene rings is 2. The van der Waals surface area contributed by atoms with Gasteiger partial charge in [0.25, 0.3) is 11.6 Å². The number of hydrogen-bond acceptors (Lipinski definition) is 4. The Labute approximate surface area is 147 Å². The third kappa shape index (κ3) is 4.79. The first kappa shape index (κ1) is 18.4. The normalized spacial score (nSPS) is 11.6. The van der Waals surface area contributed by atoms with Crippen molar-refractivity contribution < 1.29 is 14.5 Å². The number of carbonyl (C=O) groups is 1. The highest BCUT2D eigenvalue weighted by Gasteiger charge is 2.15. The van der Waals surface area contributed by atoms with E-state index in [9.17, 15) is 14.9 Å². The quantitative estimate of drug-likeness (QED) is 0.596. The minimum absolute atomic E-state index is 0.0284. The van der Waals surface area contributed by atoms with Gasteiger partial charge >= 0.3 is 0 Å². The zero-order chi connectivity index (χ0) is 18.4. The number of nitro benzene ring substituents is 1. The molecule has 2 aromatic rings. The molecule has 0 aliphatic heterocycles. The van der Waals surface area contributed by atoms with E-state index >= 15 is 0 Å². The number of amides is 1. The number of rotatable bonds is 7. The van der Waals surface area contributed by atoms with Crippen LogP contribution in [-0.2, 0) is 4.79 Å². The third-order valence-corrected chi connectivity index (χ3v) is 4.21. The number of nitrogens with zero attached hydrogens (tertiary/aromatic N) is 1. The molecule has 0 aromatic heterocycles. The fraction of sp³-hybridized carbons (Fsp3) is 0.316. The second-order valence-corrected chi connectivity index (χ2v) is 5.92. The van der Waals surface area contributed by atoms with Crippen LogP contribution in [0.25, 0.3) is 0 Å². The van der Waals surface area contributed by atoms with Crippen LogP contribution in [0.4, 0.5) is 11.4 Å². The molecule has 6 nitrogen and oxygen atoms in total. The molecule has 0 saturated heterocycles. The molecule has 2 rings (SSSR count). The zero-order valence-corrected chi connectivity index (χ0v) is 14.6. The lowest BCUT2D eigenvalue weighted by atomic mass is 9.99. The molecule has 1 N–H and O–H groups in total. The van der Waals surface area contributed by atoms with Crippen molar-refractivity contribution in [3.8, 4) is 5.75 Å². The van der Waals surface area contributed by atoms with Gasteiger partial charge in [-0.25, -0.2) is 0 Å². The Balaban J connectivity index is 1.95. The van der Waals surface area contributed by atoms with Crippen molar-refractivity contribution in [2.24, 2.45) is 0 Å². The van der Waals surface area contributed by atoms with Crippen LogP contribution in [0.3, 0.4) is 0 Å². The van der Waals surface area contributed by atoms with E-state index in [1.54, 1.807) is 13.0 Å². The second-order valence-electron chi connectivity index (χ2n) is 5.92. The van der Waals surface area contributed by atoms with Gasteiger partial charge < -0.3 is 10.1 Å². The van der Waals surface area contributed by atoms with Crippen LogP contribution >= 0.6 is 0 Å². The summed E-state index contributed by atoms with van der Waals surface area (Å²) in [6, 6.07) is 12.2. The lowest BCUT2D eigenvalue weighted by Gasteiger charge is -2.11. The van der Waals surface area contributed by atoms with E-state index in [2.05, 4.69) is 19.2 Å². The summed E-state index contributed by atoms with van der Waals surface area (Å²) < 4.78 is 5.48. The molecule has 0 spiro atoms. The Morgan fingerprint density at radius 3 is 2.52 bits per heavy atom. The molecular formula is C19H22N2O4. The topological polar surface area (TPSA) is 81.5 Å². The summed E-state index contributed by atoms with van der Waals surface area (Å²) in [4.78, 5) is 22.5. The monoisotopic (exact) mass is 342 g/mol. The molecule has 6 heteroatoms. The molecular weight excluding hydrogens is 320 g/mol. The van der Waals surface area contributed by atoms with Gasteiger partial charge in [-0.1, -0.05) is 32.0 Å². The van der Waals surface area contributed by atoms with Gasteiger partial charge in [0.05, 0.1) is 16.2 Å². The zero-order valence-electron chi connectivity index (χ0n) is 14.6. The minimum atomic E-state index is -0.472. The van der Waals surface area contributed by atoms with Gasteiger partial charge in [-0.05, 0) is 43.0 Å². The predicted molar refractivity (Wildman–Crippen MR) is 97.1 cm³/mol. The van der Waals surface area contributed by atoms with Crippen LogP contribution < -0.4 is 10.1 Å². The SMILES string of the molecule is CCC(C)c1ccc(OCC(=O)Nc2cccc([N+](=O)[O-])c2C)cc1. The number of ether oxygens (including phenoxy) is 1. The number of anilines is 1. The van der Waals surface area contributed by atoms with Crippen LogP contribution in [-0.4, -0.2) is 17.4 Å². The highest BCUT2D eigenvalue weighted by Crippen LogP contribution is 2.25. The van der Waals surface area contributed by atoms with Gasteiger partial charge in [0.2, 0.25) is 0 Å². The van der Waals surface area contributed by atoms with Crippen LogP contribution in [0, 0.1) is 17.0 Å². The van der Waals surface area contributed by atoms with Crippen molar-refractivity contribution in [1.29, 1.82) is 0 Å². The smallest absolute Gasteiger partial charge is 0.274 e. The van der Waals surface area contributed by atoms with Gasteiger partial charge in [0, 0.05) is 6.07 Å².